The molecule has 1 fully saturated rings. The highest BCUT2D eigenvalue weighted by Crippen LogP contribution is 2.34. The Labute approximate surface area is 201 Å². The zero-order chi connectivity index (χ0) is 24.0. The molecule has 4 aromatic rings. The minimum atomic E-state index is -4.34. The summed E-state index contributed by atoms with van der Waals surface area (Å²) in [5.74, 6) is 2.27. The average molecular weight is 479 g/mol. The molecular formula is C26H25F3N6. The number of hydrogen-bond acceptors (Lipinski definition) is 5. The summed E-state index contributed by atoms with van der Waals surface area (Å²) in [5.41, 5.74) is 3.25. The van der Waals surface area contributed by atoms with Crippen LogP contribution in [0.5, 0.6) is 0 Å². The van der Waals surface area contributed by atoms with Crippen molar-refractivity contribution in [2.75, 3.05) is 36.0 Å². The first-order chi connectivity index (χ1) is 17.0. The van der Waals surface area contributed by atoms with E-state index in [2.05, 4.69) is 4.90 Å². The highest BCUT2D eigenvalue weighted by atomic mass is 19.4. The van der Waals surface area contributed by atoms with Gasteiger partial charge in [-0.15, -0.1) is 5.10 Å². The Kier molecular flexibility index (Phi) is 5.35. The van der Waals surface area contributed by atoms with Crippen molar-refractivity contribution in [3.05, 3.63) is 71.4 Å². The normalized spacial score (nSPS) is 16.5. The summed E-state index contributed by atoms with van der Waals surface area (Å²) in [6.45, 7) is 2.62. The van der Waals surface area contributed by atoms with E-state index in [0.29, 0.717) is 43.5 Å². The van der Waals surface area contributed by atoms with E-state index in [1.807, 2.05) is 39.7 Å². The average Bonchev–Trinajstić information content (AvgIpc) is 3.31. The Morgan fingerprint density at radius 2 is 1.51 bits per heavy atom. The van der Waals surface area contributed by atoms with Crippen molar-refractivity contribution in [1.82, 2.24) is 19.6 Å². The van der Waals surface area contributed by atoms with E-state index in [1.165, 1.54) is 17.7 Å². The molecule has 6 nitrogen and oxygen atoms in total. The van der Waals surface area contributed by atoms with Crippen molar-refractivity contribution in [3.63, 3.8) is 0 Å². The molecule has 0 spiro atoms. The molecular weight excluding hydrogens is 453 g/mol. The fourth-order valence-electron chi connectivity index (χ4n) is 5.11. The maximum Gasteiger partial charge on any atom is 0.416 e. The van der Waals surface area contributed by atoms with Crippen molar-refractivity contribution in [1.29, 1.82) is 0 Å². The number of aryl methyl sites for hydroxylation is 1. The zero-order valence-electron chi connectivity index (χ0n) is 19.2. The van der Waals surface area contributed by atoms with Crippen LogP contribution in [0.2, 0.25) is 0 Å². The van der Waals surface area contributed by atoms with Gasteiger partial charge in [0, 0.05) is 43.0 Å². The van der Waals surface area contributed by atoms with Crippen LogP contribution in [0.15, 0.2) is 54.6 Å². The first-order valence-electron chi connectivity index (χ1n) is 12.0. The van der Waals surface area contributed by atoms with E-state index in [9.17, 15) is 13.2 Å². The van der Waals surface area contributed by atoms with Crippen LogP contribution in [-0.4, -0.2) is 45.8 Å². The molecule has 9 heteroatoms. The van der Waals surface area contributed by atoms with Crippen molar-refractivity contribution < 1.29 is 13.2 Å². The molecule has 0 amide bonds. The van der Waals surface area contributed by atoms with Crippen LogP contribution < -0.4 is 9.80 Å². The molecule has 2 aromatic heterocycles. The standard InChI is InChI=1S/C26H25F3N6/c27-26(28,29)19-9-6-10-20(17-19)33-13-15-34(16-14-33)24-21-11-4-5-12-22(21)30-25-31-23(32-35(24)25)18-7-2-1-3-8-18/h1-3,6-10,17H,4-5,11-16H2. The number of fused-ring (bicyclic) bond motifs is 2. The number of aromatic nitrogens is 4. The summed E-state index contributed by atoms with van der Waals surface area (Å²) in [4.78, 5) is 13.9. The molecule has 0 atom stereocenters. The minimum absolute atomic E-state index is 0.597. The molecule has 2 aliphatic rings. The van der Waals surface area contributed by atoms with Crippen molar-refractivity contribution in [2.24, 2.45) is 0 Å². The van der Waals surface area contributed by atoms with E-state index in [4.69, 9.17) is 15.1 Å². The monoisotopic (exact) mass is 478 g/mol. The first kappa shape index (κ1) is 21.9. The number of benzene rings is 2. The van der Waals surface area contributed by atoms with Gasteiger partial charge in [-0.2, -0.15) is 22.7 Å². The molecule has 2 aromatic carbocycles. The minimum Gasteiger partial charge on any atom is -0.368 e. The zero-order valence-corrected chi connectivity index (χ0v) is 19.2. The van der Waals surface area contributed by atoms with Gasteiger partial charge in [-0.1, -0.05) is 36.4 Å². The number of halogens is 3. The summed E-state index contributed by atoms with van der Waals surface area (Å²) in [6, 6.07) is 15.5. The Balaban J connectivity index is 1.33. The molecule has 1 aliphatic carbocycles. The van der Waals surface area contributed by atoms with Crippen LogP contribution in [0.3, 0.4) is 0 Å². The smallest absolute Gasteiger partial charge is 0.368 e. The van der Waals surface area contributed by atoms with Crippen LogP contribution in [-0.2, 0) is 19.0 Å². The van der Waals surface area contributed by atoms with Gasteiger partial charge in [0.2, 0.25) is 0 Å². The predicted octanol–water partition coefficient (Wildman–Crippen LogP) is 5.02. The SMILES string of the molecule is FC(F)(F)c1cccc(N2CCN(c3c4c(nc5nc(-c6ccccc6)nn35)CCCC4)CC2)c1. The van der Waals surface area contributed by atoms with E-state index < -0.39 is 11.7 Å². The van der Waals surface area contributed by atoms with Gasteiger partial charge in [0.05, 0.1) is 11.3 Å². The lowest BCUT2D eigenvalue weighted by Gasteiger charge is -2.38. The van der Waals surface area contributed by atoms with Gasteiger partial charge in [-0.05, 0) is 43.9 Å². The highest BCUT2D eigenvalue weighted by molar-refractivity contribution is 5.62. The lowest BCUT2D eigenvalue weighted by Crippen LogP contribution is -2.47. The van der Waals surface area contributed by atoms with Gasteiger partial charge >= 0.3 is 6.18 Å². The van der Waals surface area contributed by atoms with Gasteiger partial charge in [0.1, 0.15) is 5.82 Å². The maximum absolute atomic E-state index is 13.2. The second-order valence-electron chi connectivity index (χ2n) is 9.10. The third-order valence-corrected chi connectivity index (χ3v) is 6.88. The molecule has 0 saturated carbocycles. The molecule has 35 heavy (non-hydrogen) atoms. The third-order valence-electron chi connectivity index (χ3n) is 6.88. The molecule has 0 bridgehead atoms. The van der Waals surface area contributed by atoms with E-state index in [1.54, 1.807) is 6.07 Å². The molecule has 0 unspecified atom stereocenters. The number of nitrogens with zero attached hydrogens (tertiary/aromatic N) is 6. The van der Waals surface area contributed by atoms with Crippen LogP contribution in [0.1, 0.15) is 29.7 Å². The molecule has 6 rings (SSSR count). The van der Waals surface area contributed by atoms with Gasteiger partial charge in [-0.3, -0.25) is 0 Å². The molecule has 0 N–H and O–H groups in total. The third kappa shape index (κ3) is 4.09. The van der Waals surface area contributed by atoms with Crippen molar-refractivity contribution >= 4 is 17.3 Å². The molecule has 180 valence electrons. The summed E-state index contributed by atoms with van der Waals surface area (Å²) in [6.07, 6.45) is -0.252. The summed E-state index contributed by atoms with van der Waals surface area (Å²) >= 11 is 0. The molecule has 3 heterocycles. The van der Waals surface area contributed by atoms with Gasteiger partial charge in [0.15, 0.2) is 5.82 Å². The molecule has 1 saturated heterocycles. The van der Waals surface area contributed by atoms with Crippen LogP contribution in [0.4, 0.5) is 24.7 Å². The fourth-order valence-corrected chi connectivity index (χ4v) is 5.11. The fraction of sp³-hybridized carbons (Fsp3) is 0.346. The highest BCUT2D eigenvalue weighted by Gasteiger charge is 2.32. The predicted molar refractivity (Wildman–Crippen MR) is 129 cm³/mol. The van der Waals surface area contributed by atoms with Gasteiger partial charge < -0.3 is 9.80 Å². The second kappa shape index (κ2) is 8.55. The van der Waals surface area contributed by atoms with Gasteiger partial charge in [-0.25, -0.2) is 4.98 Å². The molecule has 1 aliphatic heterocycles. The number of rotatable bonds is 3. The van der Waals surface area contributed by atoms with Crippen LogP contribution >= 0.6 is 0 Å². The number of hydrogen-bond donors (Lipinski definition) is 0. The topological polar surface area (TPSA) is 49.6 Å². The summed E-state index contributed by atoms with van der Waals surface area (Å²) in [5, 5.41) is 4.84. The summed E-state index contributed by atoms with van der Waals surface area (Å²) < 4.78 is 41.5. The van der Waals surface area contributed by atoms with Crippen molar-refractivity contribution in [3.8, 4) is 11.4 Å². The first-order valence-corrected chi connectivity index (χ1v) is 12.0. The van der Waals surface area contributed by atoms with Crippen molar-refractivity contribution in [2.45, 2.75) is 31.9 Å². The van der Waals surface area contributed by atoms with Gasteiger partial charge in [0.25, 0.3) is 5.78 Å². The number of anilines is 2. The Morgan fingerprint density at radius 3 is 2.29 bits per heavy atom. The Morgan fingerprint density at radius 1 is 0.771 bits per heavy atom. The lowest BCUT2D eigenvalue weighted by molar-refractivity contribution is -0.137. The van der Waals surface area contributed by atoms with Crippen LogP contribution in [0.25, 0.3) is 17.2 Å². The Hall–Kier alpha value is -3.62. The number of alkyl halides is 3. The Bertz CT molecular complexity index is 1360. The van der Waals surface area contributed by atoms with E-state index >= 15 is 0 Å². The largest absolute Gasteiger partial charge is 0.416 e. The molecule has 0 radical (unpaired) electrons. The van der Waals surface area contributed by atoms with E-state index in [0.717, 1.165) is 48.8 Å². The maximum atomic E-state index is 13.2. The summed E-state index contributed by atoms with van der Waals surface area (Å²) in [7, 11) is 0. The second-order valence-corrected chi connectivity index (χ2v) is 9.10. The lowest BCUT2D eigenvalue weighted by atomic mass is 9.96. The quantitative estimate of drug-likeness (QED) is 0.414. The van der Waals surface area contributed by atoms with E-state index in [-0.39, 0.29) is 0 Å². The van der Waals surface area contributed by atoms with Crippen LogP contribution in [0, 0.1) is 0 Å². The number of piperazine rings is 1.